The van der Waals surface area contributed by atoms with E-state index in [4.69, 9.17) is 5.73 Å². The molecule has 2 aromatic rings. The van der Waals surface area contributed by atoms with Crippen LogP contribution in [-0.4, -0.2) is 48.1 Å². The van der Waals surface area contributed by atoms with Crippen molar-refractivity contribution in [3.63, 3.8) is 0 Å². The lowest BCUT2D eigenvalue weighted by molar-refractivity contribution is 0.312. The van der Waals surface area contributed by atoms with Gasteiger partial charge in [-0.05, 0) is 12.6 Å². The number of benzene rings is 1. The molecular weight excluding hydrogens is 274 g/mol. The number of nitrogens with two attached hydrogens (primary N) is 1. The SMILES string of the molecule is C[C@@H](c1ccccc1)c1cc(N2CCN(C)CC2)nc(N)n1. The fourth-order valence-electron chi connectivity index (χ4n) is 2.80. The van der Waals surface area contributed by atoms with Gasteiger partial charge in [-0.3, -0.25) is 0 Å². The lowest BCUT2D eigenvalue weighted by atomic mass is 9.97. The largest absolute Gasteiger partial charge is 0.368 e. The second kappa shape index (κ2) is 6.32. The minimum absolute atomic E-state index is 0.206. The van der Waals surface area contributed by atoms with Gasteiger partial charge in [0.2, 0.25) is 5.95 Å². The van der Waals surface area contributed by atoms with Gasteiger partial charge in [0.25, 0.3) is 0 Å². The highest BCUT2D eigenvalue weighted by atomic mass is 15.3. The predicted molar refractivity (Wildman–Crippen MR) is 90.1 cm³/mol. The molecule has 5 heteroatoms. The van der Waals surface area contributed by atoms with Crippen LogP contribution >= 0.6 is 0 Å². The van der Waals surface area contributed by atoms with Gasteiger partial charge in [0.05, 0.1) is 5.69 Å². The average molecular weight is 297 g/mol. The van der Waals surface area contributed by atoms with Crippen molar-refractivity contribution in [1.82, 2.24) is 14.9 Å². The van der Waals surface area contributed by atoms with Crippen LogP contribution in [0.25, 0.3) is 0 Å². The molecule has 2 heterocycles. The monoisotopic (exact) mass is 297 g/mol. The van der Waals surface area contributed by atoms with E-state index < -0.39 is 0 Å². The summed E-state index contributed by atoms with van der Waals surface area (Å²) in [7, 11) is 2.15. The zero-order valence-electron chi connectivity index (χ0n) is 13.2. The van der Waals surface area contributed by atoms with Crippen molar-refractivity contribution < 1.29 is 0 Å². The minimum Gasteiger partial charge on any atom is -0.368 e. The van der Waals surface area contributed by atoms with Crippen LogP contribution < -0.4 is 10.6 Å². The molecule has 1 aromatic carbocycles. The van der Waals surface area contributed by atoms with Gasteiger partial charge < -0.3 is 15.5 Å². The van der Waals surface area contributed by atoms with Crippen LogP contribution in [0, 0.1) is 0 Å². The zero-order valence-corrected chi connectivity index (χ0v) is 13.2. The third-order valence-corrected chi connectivity index (χ3v) is 4.32. The molecule has 116 valence electrons. The molecule has 0 unspecified atom stereocenters. The molecule has 2 N–H and O–H groups in total. The fraction of sp³-hybridized carbons (Fsp3) is 0.412. The van der Waals surface area contributed by atoms with Crippen molar-refractivity contribution >= 4 is 11.8 Å². The Hall–Kier alpha value is -2.14. The summed E-state index contributed by atoms with van der Waals surface area (Å²) in [6.07, 6.45) is 0. The minimum atomic E-state index is 0.206. The van der Waals surface area contributed by atoms with E-state index in [0.717, 1.165) is 37.7 Å². The van der Waals surface area contributed by atoms with E-state index in [1.165, 1.54) is 5.56 Å². The van der Waals surface area contributed by atoms with Gasteiger partial charge in [-0.1, -0.05) is 37.3 Å². The molecule has 1 fully saturated rings. The van der Waals surface area contributed by atoms with Crippen LogP contribution in [0.3, 0.4) is 0 Å². The van der Waals surface area contributed by atoms with E-state index >= 15 is 0 Å². The maximum absolute atomic E-state index is 5.95. The Kier molecular flexibility index (Phi) is 4.24. The van der Waals surface area contributed by atoms with Gasteiger partial charge in [-0.2, -0.15) is 4.98 Å². The second-order valence-corrected chi connectivity index (χ2v) is 5.93. The molecule has 0 bridgehead atoms. The van der Waals surface area contributed by atoms with Crippen molar-refractivity contribution in [3.8, 4) is 0 Å². The first-order valence-corrected chi connectivity index (χ1v) is 7.76. The molecule has 0 radical (unpaired) electrons. The highest BCUT2D eigenvalue weighted by Gasteiger charge is 2.18. The number of nitrogen functional groups attached to an aromatic ring is 1. The van der Waals surface area contributed by atoms with Crippen LogP contribution in [0.4, 0.5) is 11.8 Å². The Bertz CT molecular complexity index is 620. The summed E-state index contributed by atoms with van der Waals surface area (Å²) in [6.45, 7) is 6.21. The summed E-state index contributed by atoms with van der Waals surface area (Å²) in [4.78, 5) is 13.5. The van der Waals surface area contributed by atoms with E-state index in [9.17, 15) is 0 Å². The number of nitrogens with zero attached hydrogens (tertiary/aromatic N) is 4. The Morgan fingerprint density at radius 2 is 1.73 bits per heavy atom. The lowest BCUT2D eigenvalue weighted by Gasteiger charge is -2.33. The third-order valence-electron chi connectivity index (χ3n) is 4.32. The Balaban J connectivity index is 1.87. The topological polar surface area (TPSA) is 58.3 Å². The maximum Gasteiger partial charge on any atom is 0.222 e. The number of hydrogen-bond acceptors (Lipinski definition) is 5. The van der Waals surface area contributed by atoms with Crippen LogP contribution in [0.1, 0.15) is 24.1 Å². The molecule has 1 aliphatic rings. The molecule has 1 saturated heterocycles. The summed E-state index contributed by atoms with van der Waals surface area (Å²) in [5, 5.41) is 0. The lowest BCUT2D eigenvalue weighted by Crippen LogP contribution is -2.45. The number of rotatable bonds is 3. The van der Waals surface area contributed by atoms with Gasteiger partial charge in [-0.15, -0.1) is 0 Å². The quantitative estimate of drug-likeness (QED) is 0.938. The summed E-state index contributed by atoms with van der Waals surface area (Å²) in [6, 6.07) is 12.5. The van der Waals surface area contributed by atoms with Crippen molar-refractivity contribution in [2.45, 2.75) is 12.8 Å². The van der Waals surface area contributed by atoms with E-state index in [1.807, 2.05) is 6.07 Å². The first-order chi connectivity index (χ1) is 10.6. The Labute approximate surface area is 131 Å². The first-order valence-electron chi connectivity index (χ1n) is 7.76. The summed E-state index contributed by atoms with van der Waals surface area (Å²) in [5.74, 6) is 1.50. The van der Waals surface area contributed by atoms with Crippen molar-refractivity contribution in [1.29, 1.82) is 0 Å². The highest BCUT2D eigenvalue weighted by Crippen LogP contribution is 2.26. The molecule has 22 heavy (non-hydrogen) atoms. The van der Waals surface area contributed by atoms with Crippen molar-refractivity contribution in [3.05, 3.63) is 47.7 Å². The molecule has 5 nitrogen and oxygen atoms in total. The fourth-order valence-corrected chi connectivity index (χ4v) is 2.80. The van der Waals surface area contributed by atoms with Crippen LogP contribution in [0.2, 0.25) is 0 Å². The molecule has 1 aromatic heterocycles. The standard InChI is InChI=1S/C17H23N5/c1-13(14-6-4-3-5-7-14)15-12-16(20-17(18)19-15)22-10-8-21(2)9-11-22/h3-7,12-13H,8-11H2,1-2H3,(H2,18,19,20)/t13-/m0/s1. The number of hydrogen-bond donors (Lipinski definition) is 1. The number of piperazine rings is 1. The normalized spacial score (nSPS) is 17.5. The number of aromatic nitrogens is 2. The smallest absolute Gasteiger partial charge is 0.222 e. The zero-order chi connectivity index (χ0) is 15.5. The first kappa shape index (κ1) is 14.8. The van der Waals surface area contributed by atoms with Crippen LogP contribution in [0.5, 0.6) is 0 Å². The van der Waals surface area contributed by atoms with E-state index in [-0.39, 0.29) is 5.92 Å². The Morgan fingerprint density at radius 1 is 1.05 bits per heavy atom. The summed E-state index contributed by atoms with van der Waals surface area (Å²) < 4.78 is 0. The van der Waals surface area contributed by atoms with Crippen LogP contribution in [0.15, 0.2) is 36.4 Å². The molecule has 1 aliphatic heterocycles. The van der Waals surface area contributed by atoms with Gasteiger partial charge in [-0.25, -0.2) is 4.98 Å². The molecular formula is C17H23N5. The number of likely N-dealkylation sites (N-methyl/N-ethyl adjacent to an activating group) is 1. The van der Waals surface area contributed by atoms with Gasteiger partial charge in [0.15, 0.2) is 0 Å². The maximum atomic E-state index is 5.95. The van der Waals surface area contributed by atoms with Gasteiger partial charge in [0.1, 0.15) is 5.82 Å². The molecule has 0 saturated carbocycles. The van der Waals surface area contributed by atoms with E-state index in [2.05, 4.69) is 64.1 Å². The van der Waals surface area contributed by atoms with Gasteiger partial charge in [0, 0.05) is 38.2 Å². The van der Waals surface area contributed by atoms with Crippen molar-refractivity contribution in [2.24, 2.45) is 0 Å². The number of anilines is 2. The predicted octanol–water partition coefficient (Wildman–Crippen LogP) is 1.96. The van der Waals surface area contributed by atoms with E-state index in [0.29, 0.717) is 5.95 Å². The molecule has 3 rings (SSSR count). The van der Waals surface area contributed by atoms with Crippen LogP contribution in [-0.2, 0) is 0 Å². The highest BCUT2D eigenvalue weighted by molar-refractivity contribution is 5.46. The van der Waals surface area contributed by atoms with Gasteiger partial charge >= 0.3 is 0 Å². The second-order valence-electron chi connectivity index (χ2n) is 5.93. The average Bonchev–Trinajstić information content (AvgIpc) is 2.55. The molecule has 0 aliphatic carbocycles. The molecule has 0 spiro atoms. The van der Waals surface area contributed by atoms with Crippen molar-refractivity contribution in [2.75, 3.05) is 43.9 Å². The molecule has 0 amide bonds. The summed E-state index contributed by atoms with van der Waals surface area (Å²) >= 11 is 0. The molecule has 1 atom stereocenters. The Morgan fingerprint density at radius 3 is 2.41 bits per heavy atom. The third kappa shape index (κ3) is 3.20. The van der Waals surface area contributed by atoms with E-state index in [1.54, 1.807) is 0 Å². The summed E-state index contributed by atoms with van der Waals surface area (Å²) in [5.41, 5.74) is 8.17.